The van der Waals surface area contributed by atoms with Crippen LogP contribution in [0, 0.1) is 13.8 Å². The van der Waals surface area contributed by atoms with E-state index in [0.29, 0.717) is 141 Å². The first kappa shape index (κ1) is 94.7. The van der Waals surface area contributed by atoms with E-state index in [1.807, 2.05) is 211 Å². The van der Waals surface area contributed by atoms with E-state index in [1.165, 1.54) is 38.9 Å². The molecular weight excluding hydrogens is 1560 g/mol. The molecule has 3 fully saturated rings. The maximum Gasteiger partial charge on any atom is 0.251 e. The second-order valence-electron chi connectivity index (χ2n) is 33.8. The van der Waals surface area contributed by atoms with Crippen LogP contribution in [-0.4, -0.2) is 183 Å². The Hall–Kier alpha value is -12.5. The van der Waals surface area contributed by atoms with Gasteiger partial charge in [-0.05, 0) is 163 Å². The van der Waals surface area contributed by atoms with E-state index < -0.39 is 12.1 Å². The fourth-order valence-electron chi connectivity index (χ4n) is 16.3. The Morgan fingerprint density at radius 2 is 0.688 bits per heavy atom. The summed E-state index contributed by atoms with van der Waals surface area (Å²) in [6.07, 6.45) is 7.09. The lowest BCUT2D eigenvalue weighted by Crippen LogP contribution is -2.49. The summed E-state index contributed by atoms with van der Waals surface area (Å²) in [5.74, 6) is 0.276. The van der Waals surface area contributed by atoms with Gasteiger partial charge in [0.15, 0.2) is 17.9 Å². The van der Waals surface area contributed by atoms with Crippen LogP contribution >= 0.6 is 0 Å². The molecule has 0 unspecified atom stereocenters. The Bertz CT molecular complexity index is 4780. The van der Waals surface area contributed by atoms with Crippen molar-refractivity contribution in [2.24, 2.45) is 49.4 Å². The zero-order valence-electron chi connectivity index (χ0n) is 73.3. The van der Waals surface area contributed by atoms with Gasteiger partial charge in [0.2, 0.25) is 23.6 Å². The molecular formula is C101H130N18O6. The van der Waals surface area contributed by atoms with Crippen LogP contribution in [0.3, 0.4) is 0 Å². The highest BCUT2D eigenvalue weighted by Crippen LogP contribution is 2.32. The van der Waals surface area contributed by atoms with Crippen molar-refractivity contribution in [2.75, 3.05) is 78.5 Å². The Morgan fingerprint density at radius 3 is 0.992 bits per heavy atom. The Balaban J connectivity index is 0.000000196. The Labute approximate surface area is 738 Å². The number of amides is 6. The van der Waals surface area contributed by atoms with Crippen LogP contribution in [0.15, 0.2) is 270 Å². The lowest BCUT2D eigenvalue weighted by atomic mass is 9.87. The van der Waals surface area contributed by atoms with Crippen molar-refractivity contribution in [1.29, 1.82) is 0 Å². The second-order valence-corrected chi connectivity index (χ2v) is 33.8. The third-order valence-corrected chi connectivity index (χ3v) is 23.5. The van der Waals surface area contributed by atoms with Gasteiger partial charge in [-0.2, -0.15) is 0 Å². The summed E-state index contributed by atoms with van der Waals surface area (Å²) in [4.78, 5) is 98.6. The normalized spacial score (nSPS) is 17.3. The first-order valence-corrected chi connectivity index (χ1v) is 44.1. The molecule has 0 radical (unpaired) electrons. The first-order chi connectivity index (χ1) is 60.4. The van der Waals surface area contributed by atoms with Crippen LogP contribution in [-0.2, 0) is 31.0 Å². The molecule has 3 aliphatic rings. The lowest BCUT2D eigenvalue weighted by Gasteiger charge is -2.29. The molecule has 0 aromatic heterocycles. The molecule has 0 saturated carbocycles. The predicted molar refractivity (Wildman–Crippen MR) is 503 cm³/mol. The molecule has 18 N–H and O–H groups in total. The van der Waals surface area contributed by atoms with E-state index in [2.05, 4.69) is 140 Å². The van der Waals surface area contributed by atoms with Crippen molar-refractivity contribution in [2.45, 2.75) is 165 Å². The number of aryl methyl sites for hydroxylation is 3. The highest BCUT2D eigenvalue weighted by atomic mass is 16.2. The minimum Gasteiger partial charge on any atom is -0.370 e. The maximum absolute atomic E-state index is 14.0. The zero-order valence-corrected chi connectivity index (χ0v) is 73.3. The molecule has 6 amide bonds. The number of carbonyl (C=O) groups is 6. The van der Waals surface area contributed by atoms with E-state index in [0.717, 1.165) is 36.0 Å². The summed E-state index contributed by atoms with van der Waals surface area (Å²) in [7, 11) is 0. The summed E-state index contributed by atoms with van der Waals surface area (Å²) in [6.45, 7) is 16.7. The SMILES string of the molecule is CC(C)(C)c1ccc(C(=O)NC[C@@H]2CCN(CC(c3ccccc3)c3ccccc3)C(=O)[C@H](CCCN=C(N)N)N2)cc1.Cc1ccc(C(=O)NC[C@@H]2CCN(CC(c3ccccc3)c3ccccc3)C(=O)[C@H](CCCN=C(N)N)N2)cc1C.NC(N)=NCCC[C@@H]1N[C@H](CNC(=O)CCc2ccccc2)CCN(CC(c2ccccc2)c2ccccc2)C1=O. The molecule has 9 aromatic carbocycles. The van der Waals surface area contributed by atoms with Crippen molar-refractivity contribution in [3.05, 3.63) is 322 Å². The van der Waals surface area contributed by atoms with Gasteiger partial charge in [-0.25, -0.2) is 0 Å². The summed E-state index contributed by atoms with van der Waals surface area (Å²) in [5, 5.41) is 19.9. The quantitative estimate of drug-likeness (QED) is 0.00998. The standard InChI is InChI=1S/C35H46N6O2.2C33H42N6O2/c1-35(2,3)28-18-16-27(17-19-28)32(42)39-23-29-20-22-41(33(43)31(40-29)15-10-21-38-34(36)37)24-30(25-11-6-4-7-12-25)26-13-8-5-9-14-26;1-23-15-16-27(20-24(23)2)31(40)37-21-28-17-19-39(32(41)30(38-28)14-9-18-36-33(34)35)22-29(25-10-5-3-6-11-25)26-12-7-4-8-13-26;34-33(35)36-21-10-17-30-32(41)39(24-29(26-13-6-2-7-14-26)27-15-8-3-9-16-27)22-20-28(38-30)23-37-31(40)19-18-25-11-4-1-5-12-25/h4-9,11-14,16-19,29-31,40H,10,15,20-24H2,1-3H3,(H,39,42)(H4,36,37,38);3-8,10-13,15-16,20,28-30,38H,9,14,17-19,21-22H2,1-2H3,(H,37,40)(H4,34,35,36);1-9,11-16,28-30,38H,10,17-24H2,(H,37,40)(H4,34,35,36)/t29-,31-;2*28-,30-/m000/s1. The number of guanidine groups is 3. The number of hydrogen-bond acceptors (Lipinski definition) is 12. The fraction of sp³-hybridized carbons (Fsp3) is 0.376. The lowest BCUT2D eigenvalue weighted by molar-refractivity contribution is -0.133. The number of carbonyl (C=O) groups excluding carboxylic acids is 6. The van der Waals surface area contributed by atoms with E-state index in [9.17, 15) is 28.8 Å². The van der Waals surface area contributed by atoms with Crippen molar-refractivity contribution in [3.8, 4) is 0 Å². The number of nitrogens with one attached hydrogen (secondary N) is 6. The van der Waals surface area contributed by atoms with Gasteiger partial charge in [0.05, 0.1) is 18.1 Å². The predicted octanol–water partition coefficient (Wildman–Crippen LogP) is 10.8. The summed E-state index contributed by atoms with van der Waals surface area (Å²) < 4.78 is 0. The number of benzene rings is 9. The van der Waals surface area contributed by atoms with Crippen LogP contribution in [0.2, 0.25) is 0 Å². The Kier molecular flexibility index (Phi) is 37.2. The maximum atomic E-state index is 14.0. The summed E-state index contributed by atoms with van der Waals surface area (Å²) in [6, 6.07) is 84.2. The minimum absolute atomic E-state index is 0.0145. The van der Waals surface area contributed by atoms with Crippen molar-refractivity contribution in [3.63, 3.8) is 0 Å². The summed E-state index contributed by atoms with van der Waals surface area (Å²) >= 11 is 0. The highest BCUT2D eigenvalue weighted by Gasteiger charge is 2.37. The van der Waals surface area contributed by atoms with Crippen LogP contribution in [0.25, 0.3) is 0 Å². The monoisotopic (exact) mass is 1690 g/mol. The number of aliphatic imine (C=N–C) groups is 3. The molecule has 0 bridgehead atoms. The zero-order chi connectivity index (χ0) is 88.9. The third-order valence-electron chi connectivity index (χ3n) is 23.5. The molecule has 24 nitrogen and oxygen atoms in total. The van der Waals surface area contributed by atoms with Crippen LogP contribution in [0.1, 0.15) is 179 Å². The molecule has 0 spiro atoms. The topological polar surface area (TPSA) is 378 Å². The van der Waals surface area contributed by atoms with Gasteiger partial charge in [-0.3, -0.25) is 43.7 Å². The van der Waals surface area contributed by atoms with E-state index in [-0.39, 0.29) is 101 Å². The van der Waals surface area contributed by atoms with E-state index in [4.69, 9.17) is 34.4 Å². The highest BCUT2D eigenvalue weighted by molar-refractivity contribution is 5.95. The molecule has 24 heteroatoms. The molecule has 3 heterocycles. The number of rotatable bonds is 35. The average molecular weight is 1690 g/mol. The number of nitrogens with two attached hydrogens (primary N) is 6. The molecule has 660 valence electrons. The van der Waals surface area contributed by atoms with Crippen LogP contribution in [0.5, 0.6) is 0 Å². The van der Waals surface area contributed by atoms with E-state index >= 15 is 0 Å². The van der Waals surface area contributed by atoms with Gasteiger partial charge < -0.3 is 81.0 Å². The van der Waals surface area contributed by atoms with Gasteiger partial charge in [-0.1, -0.05) is 251 Å². The van der Waals surface area contributed by atoms with Gasteiger partial charge >= 0.3 is 0 Å². The first-order valence-electron chi connectivity index (χ1n) is 44.1. The van der Waals surface area contributed by atoms with Gasteiger partial charge in [0, 0.05) is 132 Å². The van der Waals surface area contributed by atoms with Gasteiger partial charge in [0.1, 0.15) is 0 Å². The van der Waals surface area contributed by atoms with Crippen molar-refractivity contribution in [1.82, 2.24) is 46.6 Å². The molecule has 6 atom stereocenters. The smallest absolute Gasteiger partial charge is 0.251 e. The van der Waals surface area contributed by atoms with Gasteiger partial charge in [0.25, 0.3) is 11.8 Å². The van der Waals surface area contributed by atoms with Crippen LogP contribution in [0.4, 0.5) is 0 Å². The van der Waals surface area contributed by atoms with Crippen molar-refractivity contribution < 1.29 is 28.8 Å². The third kappa shape index (κ3) is 30.7. The number of nitrogens with zero attached hydrogens (tertiary/aromatic N) is 6. The largest absolute Gasteiger partial charge is 0.370 e. The van der Waals surface area contributed by atoms with E-state index in [1.54, 1.807) is 0 Å². The minimum atomic E-state index is -0.406. The fourth-order valence-corrected chi connectivity index (χ4v) is 16.3. The van der Waals surface area contributed by atoms with Gasteiger partial charge in [-0.15, -0.1) is 0 Å². The molecule has 125 heavy (non-hydrogen) atoms. The second kappa shape index (κ2) is 49.1. The molecule has 0 aliphatic carbocycles. The van der Waals surface area contributed by atoms with Crippen molar-refractivity contribution >= 4 is 53.3 Å². The molecule has 9 aromatic rings. The Morgan fingerprint density at radius 1 is 0.392 bits per heavy atom. The number of hydrogen-bond donors (Lipinski definition) is 12. The molecule has 12 rings (SSSR count). The average Bonchev–Trinajstić information content (AvgIpc) is 1.71. The summed E-state index contributed by atoms with van der Waals surface area (Å²) in [5.41, 5.74) is 45.9. The molecule has 3 saturated heterocycles. The molecule has 3 aliphatic heterocycles. The van der Waals surface area contributed by atoms with Crippen LogP contribution < -0.4 is 66.3 Å².